The highest BCUT2D eigenvalue weighted by atomic mass is 16.2. The first-order chi connectivity index (χ1) is 9.51. The number of para-hydroxylation sites is 1. The number of carbonyl (C=O) groups is 2. The van der Waals surface area contributed by atoms with Gasteiger partial charge in [-0.25, -0.2) is 0 Å². The molecule has 2 aliphatic heterocycles. The summed E-state index contributed by atoms with van der Waals surface area (Å²) in [7, 11) is 0. The second-order valence-corrected chi connectivity index (χ2v) is 6.12. The van der Waals surface area contributed by atoms with Crippen LogP contribution in [0.2, 0.25) is 0 Å². The van der Waals surface area contributed by atoms with Crippen LogP contribution in [0.3, 0.4) is 0 Å². The summed E-state index contributed by atoms with van der Waals surface area (Å²) in [6.07, 6.45) is 2.14. The van der Waals surface area contributed by atoms with E-state index >= 15 is 0 Å². The van der Waals surface area contributed by atoms with Crippen LogP contribution in [0.15, 0.2) is 24.3 Å². The lowest BCUT2D eigenvalue weighted by Gasteiger charge is -2.23. The van der Waals surface area contributed by atoms with E-state index in [1.165, 1.54) is 0 Å². The molecule has 20 heavy (non-hydrogen) atoms. The van der Waals surface area contributed by atoms with Crippen LogP contribution in [0.4, 0.5) is 5.69 Å². The molecule has 4 nitrogen and oxygen atoms in total. The lowest BCUT2D eigenvalue weighted by atomic mass is 9.86. The molecule has 0 saturated carbocycles. The largest absolute Gasteiger partial charge is 0.341 e. The van der Waals surface area contributed by atoms with Gasteiger partial charge in [-0.3, -0.25) is 9.59 Å². The molecule has 4 heteroatoms. The summed E-state index contributed by atoms with van der Waals surface area (Å²) in [4.78, 5) is 28.4. The molecule has 0 radical (unpaired) electrons. The summed E-state index contributed by atoms with van der Waals surface area (Å²) in [5, 5.41) is 0. The van der Waals surface area contributed by atoms with Crippen LogP contribution in [-0.2, 0) is 15.0 Å². The second-order valence-electron chi connectivity index (χ2n) is 6.12. The van der Waals surface area contributed by atoms with Crippen LogP contribution in [0.1, 0.15) is 32.3 Å². The van der Waals surface area contributed by atoms with Crippen molar-refractivity contribution in [3.05, 3.63) is 29.8 Å². The Bertz CT molecular complexity index is 559. The predicted octanol–water partition coefficient (Wildman–Crippen LogP) is 1.93. The Kier molecular flexibility index (Phi) is 3.04. The van der Waals surface area contributed by atoms with Crippen molar-refractivity contribution in [3.63, 3.8) is 0 Å². The van der Waals surface area contributed by atoms with Crippen molar-refractivity contribution in [1.29, 1.82) is 0 Å². The summed E-state index contributed by atoms with van der Waals surface area (Å²) in [5.41, 5.74) is 1.36. The minimum absolute atomic E-state index is 0.0197. The van der Waals surface area contributed by atoms with Crippen molar-refractivity contribution in [2.75, 3.05) is 24.5 Å². The van der Waals surface area contributed by atoms with Gasteiger partial charge in [-0.2, -0.15) is 0 Å². The smallest absolute Gasteiger partial charge is 0.242 e. The molecule has 2 amide bonds. The number of likely N-dealkylation sites (tertiary alicyclic amines) is 1. The summed E-state index contributed by atoms with van der Waals surface area (Å²) in [6, 6.07) is 7.77. The van der Waals surface area contributed by atoms with Crippen LogP contribution in [-0.4, -0.2) is 36.3 Å². The quantitative estimate of drug-likeness (QED) is 0.825. The maximum atomic E-state index is 12.6. The molecule has 0 N–H and O–H groups in total. The maximum Gasteiger partial charge on any atom is 0.242 e. The number of amides is 2. The van der Waals surface area contributed by atoms with Gasteiger partial charge in [0, 0.05) is 18.8 Å². The van der Waals surface area contributed by atoms with E-state index < -0.39 is 5.41 Å². The SMILES string of the molecule is CC1(C)C(=O)N(CC(=O)N2CCCC2)c2ccccc21. The van der Waals surface area contributed by atoms with Crippen LogP contribution in [0, 0.1) is 0 Å². The van der Waals surface area contributed by atoms with Crippen molar-refractivity contribution >= 4 is 17.5 Å². The predicted molar refractivity (Wildman–Crippen MR) is 77.6 cm³/mol. The van der Waals surface area contributed by atoms with Crippen LogP contribution in [0.25, 0.3) is 0 Å². The fraction of sp³-hybridized carbons (Fsp3) is 0.500. The molecule has 0 spiro atoms. The summed E-state index contributed by atoms with van der Waals surface area (Å²) in [5.74, 6) is 0.0783. The van der Waals surface area contributed by atoms with E-state index in [0.29, 0.717) is 0 Å². The number of anilines is 1. The number of hydrogen-bond acceptors (Lipinski definition) is 2. The Balaban J connectivity index is 1.87. The molecule has 0 aromatic heterocycles. The van der Waals surface area contributed by atoms with E-state index in [-0.39, 0.29) is 18.4 Å². The zero-order valence-corrected chi connectivity index (χ0v) is 12.1. The fourth-order valence-electron chi connectivity index (χ4n) is 3.16. The zero-order valence-electron chi connectivity index (χ0n) is 12.1. The van der Waals surface area contributed by atoms with Crippen molar-refractivity contribution in [3.8, 4) is 0 Å². The Labute approximate surface area is 119 Å². The number of fused-ring (bicyclic) bond motifs is 1. The standard InChI is InChI=1S/C16H20N2O2/c1-16(2)12-7-3-4-8-13(12)18(15(16)20)11-14(19)17-9-5-6-10-17/h3-4,7-8H,5-6,9-11H2,1-2H3. The first kappa shape index (κ1) is 13.2. The molecule has 0 aliphatic carbocycles. The number of nitrogens with zero attached hydrogens (tertiary/aromatic N) is 2. The van der Waals surface area contributed by atoms with Crippen molar-refractivity contribution in [2.45, 2.75) is 32.1 Å². The van der Waals surface area contributed by atoms with Gasteiger partial charge < -0.3 is 9.80 Å². The van der Waals surface area contributed by atoms with Gasteiger partial charge in [0.2, 0.25) is 11.8 Å². The molecule has 1 aromatic carbocycles. The molecular weight excluding hydrogens is 252 g/mol. The number of hydrogen-bond donors (Lipinski definition) is 0. The molecular formula is C16H20N2O2. The minimum atomic E-state index is -0.540. The maximum absolute atomic E-state index is 12.6. The van der Waals surface area contributed by atoms with Crippen molar-refractivity contribution in [1.82, 2.24) is 4.90 Å². The third-order valence-electron chi connectivity index (χ3n) is 4.40. The van der Waals surface area contributed by atoms with Gasteiger partial charge in [0.05, 0.1) is 5.41 Å². The van der Waals surface area contributed by atoms with Gasteiger partial charge >= 0.3 is 0 Å². The normalized spacial score (nSPS) is 20.4. The molecule has 3 rings (SSSR count). The van der Waals surface area contributed by atoms with E-state index in [1.54, 1.807) is 4.90 Å². The van der Waals surface area contributed by atoms with Gasteiger partial charge in [0.1, 0.15) is 6.54 Å². The highest BCUT2D eigenvalue weighted by Crippen LogP contribution is 2.41. The third kappa shape index (κ3) is 1.90. The van der Waals surface area contributed by atoms with E-state index in [0.717, 1.165) is 37.2 Å². The molecule has 1 saturated heterocycles. The van der Waals surface area contributed by atoms with Gasteiger partial charge in [0.15, 0.2) is 0 Å². The first-order valence-corrected chi connectivity index (χ1v) is 7.21. The third-order valence-corrected chi connectivity index (χ3v) is 4.40. The molecule has 1 fully saturated rings. The number of benzene rings is 1. The number of carbonyl (C=O) groups excluding carboxylic acids is 2. The van der Waals surface area contributed by atoms with Gasteiger partial charge in [-0.15, -0.1) is 0 Å². The van der Waals surface area contributed by atoms with Crippen molar-refractivity contribution in [2.24, 2.45) is 0 Å². The molecule has 1 aromatic rings. The molecule has 0 atom stereocenters. The van der Waals surface area contributed by atoms with E-state index in [4.69, 9.17) is 0 Å². The summed E-state index contributed by atoms with van der Waals surface area (Å²) in [6.45, 7) is 5.67. The highest BCUT2D eigenvalue weighted by molar-refractivity contribution is 6.10. The average Bonchev–Trinajstić information content (AvgIpc) is 3.02. The summed E-state index contributed by atoms with van der Waals surface area (Å²) < 4.78 is 0. The van der Waals surface area contributed by atoms with Crippen molar-refractivity contribution < 1.29 is 9.59 Å². The van der Waals surface area contributed by atoms with E-state index in [2.05, 4.69) is 0 Å². The average molecular weight is 272 g/mol. The second kappa shape index (κ2) is 4.62. The van der Waals surface area contributed by atoms with E-state index in [1.807, 2.05) is 43.0 Å². The molecule has 0 bridgehead atoms. The lowest BCUT2D eigenvalue weighted by Crippen LogP contribution is -2.43. The zero-order chi connectivity index (χ0) is 14.3. The Morgan fingerprint density at radius 1 is 1.20 bits per heavy atom. The Morgan fingerprint density at radius 2 is 1.85 bits per heavy atom. The number of rotatable bonds is 2. The minimum Gasteiger partial charge on any atom is -0.341 e. The van der Waals surface area contributed by atoms with Crippen LogP contribution in [0.5, 0.6) is 0 Å². The molecule has 106 valence electrons. The summed E-state index contributed by atoms with van der Waals surface area (Å²) >= 11 is 0. The van der Waals surface area contributed by atoms with Gasteiger partial charge in [-0.05, 0) is 38.3 Å². The molecule has 0 unspecified atom stereocenters. The van der Waals surface area contributed by atoms with Gasteiger partial charge in [0.25, 0.3) is 0 Å². The fourth-order valence-corrected chi connectivity index (χ4v) is 3.16. The first-order valence-electron chi connectivity index (χ1n) is 7.21. The molecule has 2 aliphatic rings. The Hall–Kier alpha value is -1.84. The lowest BCUT2D eigenvalue weighted by molar-refractivity contribution is -0.131. The monoisotopic (exact) mass is 272 g/mol. The van der Waals surface area contributed by atoms with E-state index in [9.17, 15) is 9.59 Å². The van der Waals surface area contributed by atoms with Crippen LogP contribution < -0.4 is 4.90 Å². The van der Waals surface area contributed by atoms with Gasteiger partial charge in [-0.1, -0.05) is 18.2 Å². The topological polar surface area (TPSA) is 40.6 Å². The highest BCUT2D eigenvalue weighted by Gasteiger charge is 2.44. The van der Waals surface area contributed by atoms with Crippen LogP contribution >= 0.6 is 0 Å². The molecule has 2 heterocycles. The Morgan fingerprint density at radius 3 is 2.55 bits per heavy atom.